The molecule has 1 N–H and O–H groups in total. The van der Waals surface area contributed by atoms with E-state index in [0.29, 0.717) is 34.5 Å². The summed E-state index contributed by atoms with van der Waals surface area (Å²) in [6.45, 7) is 7.31. The smallest absolute Gasteiger partial charge is 0.410 e. The highest BCUT2D eigenvalue weighted by Gasteiger charge is 2.28. The second kappa shape index (κ2) is 13.1. The van der Waals surface area contributed by atoms with Crippen LogP contribution in [0, 0.1) is 26.1 Å². The van der Waals surface area contributed by atoms with Crippen molar-refractivity contribution in [2.45, 2.75) is 39.2 Å². The molecule has 1 atom stereocenters. The van der Waals surface area contributed by atoms with Crippen molar-refractivity contribution in [2.24, 2.45) is 5.92 Å². The van der Waals surface area contributed by atoms with Gasteiger partial charge in [-0.05, 0) is 77.5 Å². The molecule has 0 saturated carbocycles. The van der Waals surface area contributed by atoms with Gasteiger partial charge in [0.25, 0.3) is 0 Å². The number of piperidine rings is 1. The monoisotopic (exact) mass is 650 g/mol. The summed E-state index contributed by atoms with van der Waals surface area (Å²) in [5.41, 5.74) is -0.356. The number of ether oxygens (including phenoxy) is 1. The van der Waals surface area contributed by atoms with Crippen molar-refractivity contribution >= 4 is 66.6 Å². The molecule has 0 aromatic carbocycles. The van der Waals surface area contributed by atoms with Crippen LogP contribution in [0.1, 0.15) is 33.6 Å². The van der Waals surface area contributed by atoms with Crippen LogP contribution >= 0.6 is 43.5 Å². The number of pyridine rings is 2. The van der Waals surface area contributed by atoms with E-state index in [9.17, 15) is 25.0 Å². The molecule has 2 aromatic heterocycles. The minimum absolute atomic E-state index is 0.0667. The summed E-state index contributed by atoms with van der Waals surface area (Å²) < 4.78 is 6.42. The fourth-order valence-electron chi connectivity index (χ4n) is 3.22. The van der Waals surface area contributed by atoms with Gasteiger partial charge in [-0.3, -0.25) is 20.2 Å². The van der Waals surface area contributed by atoms with Crippen LogP contribution in [0.2, 0.25) is 5.02 Å². The molecule has 2 aromatic rings. The van der Waals surface area contributed by atoms with Crippen molar-refractivity contribution in [2.75, 3.05) is 25.0 Å². The van der Waals surface area contributed by atoms with E-state index in [4.69, 9.17) is 16.3 Å². The number of likely N-dealkylation sites (tertiary alicyclic amines) is 1. The fourth-order valence-corrected chi connectivity index (χ4v) is 4.24. The number of hydrogen-bond acceptors (Lipinski definition) is 9. The van der Waals surface area contributed by atoms with Crippen LogP contribution in [0.5, 0.6) is 0 Å². The lowest BCUT2D eigenvalue weighted by atomic mass is 9.98. The Hall–Kier alpha value is -2.58. The molecule has 15 heteroatoms. The van der Waals surface area contributed by atoms with Crippen molar-refractivity contribution < 1.29 is 19.4 Å². The molecule has 3 rings (SSSR count). The number of amides is 1. The molecule has 0 bridgehead atoms. The number of halogens is 3. The predicted octanol–water partition coefficient (Wildman–Crippen LogP) is 6.22. The Morgan fingerprint density at radius 3 is 2.31 bits per heavy atom. The van der Waals surface area contributed by atoms with Gasteiger partial charge >= 0.3 is 17.5 Å². The minimum Gasteiger partial charge on any atom is -0.444 e. The van der Waals surface area contributed by atoms with Crippen LogP contribution in [0.4, 0.5) is 21.9 Å². The van der Waals surface area contributed by atoms with E-state index < -0.39 is 15.4 Å². The maximum Gasteiger partial charge on any atom is 0.410 e. The van der Waals surface area contributed by atoms with Gasteiger partial charge in [-0.1, -0.05) is 11.6 Å². The third-order valence-corrected chi connectivity index (χ3v) is 5.97. The van der Waals surface area contributed by atoms with Gasteiger partial charge in [0.15, 0.2) is 0 Å². The number of nitrogens with zero attached hydrogens (tertiary/aromatic N) is 5. The molecule has 0 radical (unpaired) electrons. The number of carbonyl (C=O) groups is 1. The van der Waals surface area contributed by atoms with E-state index in [2.05, 4.69) is 47.1 Å². The van der Waals surface area contributed by atoms with Crippen LogP contribution in [-0.2, 0) is 4.74 Å². The number of anilines is 1. The fraction of sp³-hybridized carbons (Fsp3) is 0.476. The number of nitro groups is 2. The maximum absolute atomic E-state index is 12.2. The third kappa shape index (κ3) is 9.47. The lowest BCUT2D eigenvalue weighted by Gasteiger charge is -2.34. The Morgan fingerprint density at radius 2 is 1.75 bits per heavy atom. The topological polar surface area (TPSA) is 154 Å². The van der Waals surface area contributed by atoms with Crippen LogP contribution in [-0.4, -0.2) is 56.0 Å². The van der Waals surface area contributed by atoms with Gasteiger partial charge < -0.3 is 15.0 Å². The largest absolute Gasteiger partial charge is 0.444 e. The van der Waals surface area contributed by atoms with Crippen molar-refractivity contribution in [1.82, 2.24) is 14.9 Å². The van der Waals surface area contributed by atoms with Crippen molar-refractivity contribution in [3.05, 3.63) is 59.0 Å². The van der Waals surface area contributed by atoms with Gasteiger partial charge in [0.1, 0.15) is 37.9 Å². The molecule has 1 fully saturated rings. The highest BCUT2D eigenvalue weighted by Crippen LogP contribution is 2.27. The average Bonchev–Trinajstić information content (AvgIpc) is 2.76. The Morgan fingerprint density at radius 1 is 1.17 bits per heavy atom. The molecule has 1 unspecified atom stereocenters. The summed E-state index contributed by atoms with van der Waals surface area (Å²) in [5.74, 6) is 0.202. The van der Waals surface area contributed by atoms with Gasteiger partial charge in [0.05, 0.1) is 9.85 Å². The number of aromatic nitrogens is 2. The van der Waals surface area contributed by atoms with E-state index in [1.165, 1.54) is 12.3 Å². The van der Waals surface area contributed by atoms with Crippen LogP contribution in [0.3, 0.4) is 0 Å². The Kier molecular flexibility index (Phi) is 10.8. The first-order valence-electron chi connectivity index (χ1n) is 10.7. The molecule has 0 spiro atoms. The summed E-state index contributed by atoms with van der Waals surface area (Å²) in [6, 6.07) is 2.96. The van der Waals surface area contributed by atoms with E-state index in [1.54, 1.807) is 11.0 Å². The van der Waals surface area contributed by atoms with Crippen LogP contribution < -0.4 is 5.32 Å². The molecular formula is C21H25Br2ClN6O6. The third-order valence-electron chi connectivity index (χ3n) is 4.80. The second-order valence-electron chi connectivity index (χ2n) is 8.81. The lowest BCUT2D eigenvalue weighted by molar-refractivity contribution is -0.385. The molecule has 36 heavy (non-hydrogen) atoms. The quantitative estimate of drug-likeness (QED) is 0.225. The Bertz CT molecular complexity index is 1120. The van der Waals surface area contributed by atoms with E-state index >= 15 is 0 Å². The minimum atomic E-state index is -0.582. The summed E-state index contributed by atoms with van der Waals surface area (Å²) in [7, 11) is 0. The molecule has 196 valence electrons. The molecule has 12 nitrogen and oxygen atoms in total. The predicted molar refractivity (Wildman–Crippen MR) is 141 cm³/mol. The number of nitrogens with one attached hydrogen (secondary N) is 1. The van der Waals surface area contributed by atoms with Crippen LogP contribution in [0.25, 0.3) is 0 Å². The zero-order chi connectivity index (χ0) is 27.0. The van der Waals surface area contributed by atoms with Crippen LogP contribution in [0.15, 0.2) is 33.7 Å². The highest BCUT2D eigenvalue weighted by atomic mass is 79.9. The highest BCUT2D eigenvalue weighted by molar-refractivity contribution is 9.10. The molecule has 1 aliphatic heterocycles. The van der Waals surface area contributed by atoms with Crippen molar-refractivity contribution in [3.8, 4) is 0 Å². The van der Waals surface area contributed by atoms with Gasteiger partial charge in [-0.25, -0.2) is 14.8 Å². The van der Waals surface area contributed by atoms with Gasteiger partial charge in [0.2, 0.25) is 0 Å². The van der Waals surface area contributed by atoms with Crippen molar-refractivity contribution in [1.29, 1.82) is 0 Å². The van der Waals surface area contributed by atoms with Gasteiger partial charge in [0, 0.05) is 25.7 Å². The van der Waals surface area contributed by atoms with Gasteiger partial charge in [-0.15, -0.1) is 0 Å². The Balaban J connectivity index is 0.000000346. The van der Waals surface area contributed by atoms with E-state index in [-0.39, 0.29) is 28.4 Å². The SMILES string of the molecule is CC(C)(C)OC(=O)N1CCCC(CNc2cc(Br)ncc2[N+](=O)[O-])C1.O=[N+]([O-])c1cnc(Br)cc1Cl. The van der Waals surface area contributed by atoms with Crippen molar-refractivity contribution in [3.63, 3.8) is 0 Å². The van der Waals surface area contributed by atoms with E-state index in [1.807, 2.05) is 20.8 Å². The molecule has 1 saturated heterocycles. The lowest BCUT2D eigenvalue weighted by Crippen LogP contribution is -2.44. The summed E-state index contributed by atoms with van der Waals surface area (Å²) in [6.07, 6.45) is 3.85. The first-order valence-corrected chi connectivity index (χ1v) is 12.7. The molecular weight excluding hydrogens is 628 g/mol. The molecule has 3 heterocycles. The zero-order valence-corrected chi connectivity index (χ0v) is 23.7. The van der Waals surface area contributed by atoms with E-state index in [0.717, 1.165) is 19.0 Å². The standard InChI is InChI=1S/C16H23BrN4O4.C5H2BrClN2O2/c1-16(2,3)25-15(22)20-6-4-5-11(10-20)8-18-12-7-14(17)19-9-13(12)21(23)24;6-5-1-3(7)4(2-8-5)9(10)11/h7,9,11H,4-6,8,10H2,1-3H3,(H,18,19);1-2H. The number of hydrogen-bond donors (Lipinski definition) is 1. The normalized spacial score (nSPS) is 15.4. The first-order chi connectivity index (χ1) is 16.8. The molecule has 0 aliphatic carbocycles. The Labute approximate surface area is 229 Å². The maximum atomic E-state index is 12.2. The average molecular weight is 653 g/mol. The first kappa shape index (κ1) is 29.6. The summed E-state index contributed by atoms with van der Waals surface area (Å²) in [4.78, 5) is 41.7. The summed E-state index contributed by atoms with van der Waals surface area (Å²) in [5, 5.41) is 24.5. The summed E-state index contributed by atoms with van der Waals surface area (Å²) >= 11 is 11.8. The second-order valence-corrected chi connectivity index (χ2v) is 10.8. The molecule has 1 amide bonds. The zero-order valence-electron chi connectivity index (χ0n) is 19.7. The molecule has 1 aliphatic rings. The van der Waals surface area contributed by atoms with Gasteiger partial charge in [-0.2, -0.15) is 0 Å². The number of carbonyl (C=O) groups excluding carboxylic acids is 1. The number of rotatable bonds is 5.